The van der Waals surface area contributed by atoms with E-state index in [-0.39, 0.29) is 18.6 Å². The Morgan fingerprint density at radius 3 is 2.67 bits per heavy atom. The third-order valence-corrected chi connectivity index (χ3v) is 3.16. The van der Waals surface area contributed by atoms with Gasteiger partial charge in [0, 0.05) is 17.9 Å². The molecule has 1 aromatic carbocycles. The van der Waals surface area contributed by atoms with Gasteiger partial charge in [-0.25, -0.2) is 0 Å². The summed E-state index contributed by atoms with van der Waals surface area (Å²) < 4.78 is 0. The summed E-state index contributed by atoms with van der Waals surface area (Å²) in [6, 6.07) is 7.00. The highest BCUT2D eigenvalue weighted by Crippen LogP contribution is 2.36. The number of benzene rings is 1. The fourth-order valence-corrected chi connectivity index (χ4v) is 2.34. The van der Waals surface area contributed by atoms with E-state index >= 15 is 0 Å². The van der Waals surface area contributed by atoms with Crippen LogP contribution >= 0.6 is 11.6 Å². The molecule has 0 unspecified atom stereocenters. The number of ketones is 1. The van der Waals surface area contributed by atoms with Gasteiger partial charge in [0.25, 0.3) is 0 Å². The molecule has 1 aliphatic rings. The number of aliphatic hydroxyl groups is 1. The van der Waals surface area contributed by atoms with Crippen molar-refractivity contribution in [2.45, 2.75) is 24.5 Å². The summed E-state index contributed by atoms with van der Waals surface area (Å²) in [7, 11) is 0. The Balaban J connectivity index is 2.46. The summed E-state index contributed by atoms with van der Waals surface area (Å²) in [5, 5.41) is 9.92. The Kier molecular flexibility index (Phi) is 2.54. The van der Waals surface area contributed by atoms with Crippen molar-refractivity contribution < 1.29 is 9.90 Å². The summed E-state index contributed by atoms with van der Waals surface area (Å²) in [6.45, 7) is 0. The minimum atomic E-state index is -1.11. The first-order valence-electron chi connectivity index (χ1n) is 4.79. The lowest BCUT2D eigenvalue weighted by molar-refractivity contribution is -0.122. The Bertz CT molecular complexity index is 407. The first-order valence-corrected chi connectivity index (χ1v) is 5.17. The Hall–Kier alpha value is -0.900. The molecule has 0 aromatic heterocycles. The van der Waals surface area contributed by atoms with Gasteiger partial charge < -0.3 is 10.8 Å². The lowest BCUT2D eigenvalue weighted by Crippen LogP contribution is -2.41. The molecule has 0 radical (unpaired) electrons. The van der Waals surface area contributed by atoms with E-state index in [1.165, 1.54) is 0 Å². The van der Waals surface area contributed by atoms with Crippen LogP contribution in [0, 0.1) is 0 Å². The molecule has 2 rings (SSSR count). The zero-order valence-electron chi connectivity index (χ0n) is 8.11. The highest BCUT2D eigenvalue weighted by Gasteiger charge is 2.45. The van der Waals surface area contributed by atoms with E-state index in [0.717, 1.165) is 0 Å². The van der Waals surface area contributed by atoms with Crippen molar-refractivity contribution in [1.82, 2.24) is 0 Å². The van der Waals surface area contributed by atoms with Gasteiger partial charge >= 0.3 is 0 Å². The standard InChI is InChI=1S/C11H12ClNO2/c12-9-4-2-1-3-8(9)11(13)6-7(14)5-10(11)15/h1-4,7,14H,5-6,13H2/t7-,11+/m1/s1. The number of carbonyl (C=O) groups excluding carboxylic acids is 1. The molecule has 3 nitrogen and oxygen atoms in total. The number of aliphatic hydroxyl groups excluding tert-OH is 1. The second kappa shape index (κ2) is 3.59. The van der Waals surface area contributed by atoms with E-state index in [9.17, 15) is 9.90 Å². The number of nitrogens with two attached hydrogens (primary N) is 1. The Labute approximate surface area is 92.8 Å². The maximum absolute atomic E-state index is 11.7. The Morgan fingerprint density at radius 2 is 2.13 bits per heavy atom. The zero-order chi connectivity index (χ0) is 11.1. The first kappa shape index (κ1) is 10.6. The smallest absolute Gasteiger partial charge is 0.159 e. The molecule has 0 heterocycles. The van der Waals surface area contributed by atoms with Crippen molar-refractivity contribution in [3.8, 4) is 0 Å². The van der Waals surface area contributed by atoms with Gasteiger partial charge in [-0.2, -0.15) is 0 Å². The monoisotopic (exact) mass is 225 g/mol. The molecule has 1 saturated carbocycles. The van der Waals surface area contributed by atoms with Crippen LogP contribution in [0.4, 0.5) is 0 Å². The largest absolute Gasteiger partial charge is 0.393 e. The number of hydrogen-bond acceptors (Lipinski definition) is 3. The summed E-state index contributed by atoms with van der Waals surface area (Å²) in [5.41, 5.74) is 5.51. The van der Waals surface area contributed by atoms with Crippen molar-refractivity contribution in [2.24, 2.45) is 5.73 Å². The van der Waals surface area contributed by atoms with Crippen LogP contribution < -0.4 is 5.73 Å². The average Bonchev–Trinajstić information content (AvgIpc) is 2.42. The number of Topliss-reactive ketones (excluding diaryl/α,β-unsaturated/α-hetero) is 1. The molecule has 2 atom stereocenters. The minimum absolute atomic E-state index is 0.113. The molecule has 1 fully saturated rings. The maximum atomic E-state index is 11.7. The second-order valence-corrected chi connectivity index (χ2v) is 4.34. The van der Waals surface area contributed by atoms with Crippen LogP contribution in [0.1, 0.15) is 18.4 Å². The molecule has 1 aromatic rings. The van der Waals surface area contributed by atoms with Gasteiger partial charge in [0.2, 0.25) is 0 Å². The van der Waals surface area contributed by atoms with Gasteiger partial charge in [-0.15, -0.1) is 0 Å². The van der Waals surface area contributed by atoms with E-state index in [1.807, 2.05) is 0 Å². The maximum Gasteiger partial charge on any atom is 0.159 e. The molecule has 0 amide bonds. The highest BCUT2D eigenvalue weighted by atomic mass is 35.5. The fourth-order valence-electron chi connectivity index (χ4n) is 2.04. The van der Waals surface area contributed by atoms with Crippen LogP contribution in [0.3, 0.4) is 0 Å². The second-order valence-electron chi connectivity index (χ2n) is 3.94. The first-order chi connectivity index (χ1) is 7.04. The summed E-state index contributed by atoms with van der Waals surface area (Å²) in [4.78, 5) is 11.7. The number of rotatable bonds is 1. The van der Waals surface area contributed by atoms with Crippen LogP contribution in [0.15, 0.2) is 24.3 Å². The number of hydrogen-bond donors (Lipinski definition) is 2. The van der Waals surface area contributed by atoms with Gasteiger partial charge in [0.15, 0.2) is 5.78 Å². The lowest BCUT2D eigenvalue weighted by Gasteiger charge is -2.23. The van der Waals surface area contributed by atoms with Crippen molar-refractivity contribution in [3.63, 3.8) is 0 Å². The molecular weight excluding hydrogens is 214 g/mol. The molecular formula is C11H12ClNO2. The van der Waals surface area contributed by atoms with E-state index in [4.69, 9.17) is 17.3 Å². The molecule has 0 saturated heterocycles. The average molecular weight is 226 g/mol. The van der Waals surface area contributed by atoms with Gasteiger partial charge in [-0.05, 0) is 11.6 Å². The molecule has 80 valence electrons. The van der Waals surface area contributed by atoms with E-state index in [0.29, 0.717) is 10.6 Å². The summed E-state index contributed by atoms with van der Waals surface area (Å²) in [5.74, 6) is -0.150. The molecule has 0 aliphatic heterocycles. The molecule has 15 heavy (non-hydrogen) atoms. The zero-order valence-corrected chi connectivity index (χ0v) is 8.87. The molecule has 0 spiro atoms. The quantitative estimate of drug-likeness (QED) is 0.756. The fraction of sp³-hybridized carbons (Fsp3) is 0.364. The van der Waals surface area contributed by atoms with Gasteiger partial charge in [-0.3, -0.25) is 4.79 Å². The summed E-state index contributed by atoms with van der Waals surface area (Å²) in [6.07, 6.45) is -0.295. The lowest BCUT2D eigenvalue weighted by atomic mass is 9.88. The predicted molar refractivity (Wildman–Crippen MR) is 57.6 cm³/mol. The molecule has 0 bridgehead atoms. The highest BCUT2D eigenvalue weighted by molar-refractivity contribution is 6.31. The number of halogens is 1. The van der Waals surface area contributed by atoms with E-state index < -0.39 is 11.6 Å². The third-order valence-electron chi connectivity index (χ3n) is 2.83. The Morgan fingerprint density at radius 1 is 1.47 bits per heavy atom. The topological polar surface area (TPSA) is 63.3 Å². The SMILES string of the molecule is N[C@]1(c2ccccc2Cl)C[C@H](O)CC1=O. The molecule has 4 heteroatoms. The third kappa shape index (κ3) is 1.67. The normalized spacial score (nSPS) is 30.9. The van der Waals surface area contributed by atoms with Gasteiger partial charge in [0.05, 0.1) is 6.10 Å². The van der Waals surface area contributed by atoms with E-state index in [2.05, 4.69) is 0 Å². The molecule has 3 N–H and O–H groups in total. The van der Waals surface area contributed by atoms with Crippen molar-refractivity contribution >= 4 is 17.4 Å². The van der Waals surface area contributed by atoms with Crippen LogP contribution in [0.2, 0.25) is 5.02 Å². The minimum Gasteiger partial charge on any atom is -0.393 e. The van der Waals surface area contributed by atoms with Gasteiger partial charge in [0.1, 0.15) is 5.54 Å². The number of carbonyl (C=O) groups is 1. The van der Waals surface area contributed by atoms with Crippen LogP contribution in [-0.2, 0) is 10.3 Å². The van der Waals surface area contributed by atoms with Crippen LogP contribution in [0.25, 0.3) is 0 Å². The van der Waals surface area contributed by atoms with Crippen molar-refractivity contribution in [3.05, 3.63) is 34.9 Å². The van der Waals surface area contributed by atoms with Gasteiger partial charge in [-0.1, -0.05) is 29.8 Å². The van der Waals surface area contributed by atoms with Crippen molar-refractivity contribution in [2.75, 3.05) is 0 Å². The van der Waals surface area contributed by atoms with E-state index in [1.54, 1.807) is 24.3 Å². The van der Waals surface area contributed by atoms with Crippen LogP contribution in [-0.4, -0.2) is 17.0 Å². The summed E-state index contributed by atoms with van der Waals surface area (Å²) >= 11 is 5.99. The van der Waals surface area contributed by atoms with Crippen LogP contribution in [0.5, 0.6) is 0 Å². The van der Waals surface area contributed by atoms with Crippen molar-refractivity contribution in [1.29, 1.82) is 0 Å². The molecule has 1 aliphatic carbocycles. The predicted octanol–water partition coefficient (Wildman–Crippen LogP) is 1.22.